The summed E-state index contributed by atoms with van der Waals surface area (Å²) < 4.78 is 0. The molecule has 0 bridgehead atoms. The zero-order chi connectivity index (χ0) is 13.3. The summed E-state index contributed by atoms with van der Waals surface area (Å²) in [5, 5.41) is 10.6. The van der Waals surface area contributed by atoms with Crippen molar-refractivity contribution in [1.82, 2.24) is 0 Å². The van der Waals surface area contributed by atoms with Gasteiger partial charge in [0.2, 0.25) is 0 Å². The van der Waals surface area contributed by atoms with E-state index in [1.807, 2.05) is 17.5 Å². The van der Waals surface area contributed by atoms with Gasteiger partial charge >= 0.3 is 0 Å². The van der Waals surface area contributed by atoms with Crippen molar-refractivity contribution in [1.29, 1.82) is 5.26 Å². The lowest BCUT2D eigenvalue weighted by Crippen LogP contribution is -1.83. The maximum atomic E-state index is 8.60. The summed E-state index contributed by atoms with van der Waals surface area (Å²) in [5.74, 6) is 6.36. The van der Waals surface area contributed by atoms with E-state index in [0.29, 0.717) is 6.42 Å². The molecule has 0 saturated heterocycles. The highest BCUT2D eigenvalue weighted by Gasteiger charge is 1.96. The van der Waals surface area contributed by atoms with Crippen LogP contribution in [0.15, 0.2) is 41.8 Å². The van der Waals surface area contributed by atoms with E-state index in [1.165, 1.54) is 5.56 Å². The number of benzene rings is 1. The van der Waals surface area contributed by atoms with Gasteiger partial charge in [-0.3, -0.25) is 0 Å². The summed E-state index contributed by atoms with van der Waals surface area (Å²) in [6.07, 6.45) is 3.57. The molecule has 19 heavy (non-hydrogen) atoms. The summed E-state index contributed by atoms with van der Waals surface area (Å²) in [6.45, 7) is 0. The summed E-state index contributed by atoms with van der Waals surface area (Å²) >= 11 is 1.61. The van der Waals surface area contributed by atoms with Crippen molar-refractivity contribution in [3.8, 4) is 17.9 Å². The molecule has 1 heterocycles. The monoisotopic (exact) mass is 265 g/mol. The normalized spacial score (nSPS) is 9.42. The predicted molar refractivity (Wildman–Crippen MR) is 79.9 cm³/mol. The van der Waals surface area contributed by atoms with E-state index in [2.05, 4.69) is 42.2 Å². The molecule has 0 aliphatic rings. The summed E-state index contributed by atoms with van der Waals surface area (Å²) in [4.78, 5) is 1.09. The lowest BCUT2D eigenvalue weighted by atomic mass is 10.1. The number of aryl methyl sites for hydroxylation is 1. The van der Waals surface area contributed by atoms with Crippen molar-refractivity contribution in [2.75, 3.05) is 0 Å². The van der Waals surface area contributed by atoms with Gasteiger partial charge in [-0.1, -0.05) is 42.2 Å². The standard InChI is InChI=1S/C17H15NS/c18-12-11-17-13-16(14-19-17)10-6-2-5-9-15-7-3-1-4-8-15/h1,3-4,7-8,13-14H,2,5,9,11H2. The lowest BCUT2D eigenvalue weighted by Gasteiger charge is -1.96. The zero-order valence-electron chi connectivity index (χ0n) is 10.7. The van der Waals surface area contributed by atoms with Gasteiger partial charge in [0, 0.05) is 22.2 Å². The van der Waals surface area contributed by atoms with Crippen molar-refractivity contribution in [3.05, 3.63) is 57.8 Å². The molecular weight excluding hydrogens is 250 g/mol. The van der Waals surface area contributed by atoms with Gasteiger partial charge < -0.3 is 0 Å². The fourth-order valence-corrected chi connectivity index (χ4v) is 2.56. The second-order valence-electron chi connectivity index (χ2n) is 4.28. The third kappa shape index (κ3) is 4.62. The van der Waals surface area contributed by atoms with Crippen LogP contribution in [0, 0.1) is 23.2 Å². The second kappa shape index (κ2) is 7.41. The van der Waals surface area contributed by atoms with Crippen LogP contribution in [0.4, 0.5) is 0 Å². The number of nitriles is 1. The number of unbranched alkanes of at least 4 members (excludes halogenated alkanes) is 1. The molecule has 1 aromatic heterocycles. The molecule has 2 aromatic rings. The highest BCUT2D eigenvalue weighted by atomic mass is 32.1. The molecule has 0 aliphatic heterocycles. The van der Waals surface area contributed by atoms with Gasteiger partial charge in [0.15, 0.2) is 0 Å². The zero-order valence-corrected chi connectivity index (χ0v) is 11.5. The Labute approximate surface area is 118 Å². The molecule has 0 N–H and O–H groups in total. The average Bonchev–Trinajstić information content (AvgIpc) is 2.88. The second-order valence-corrected chi connectivity index (χ2v) is 5.27. The predicted octanol–water partition coefficient (Wildman–Crippen LogP) is 4.19. The first kappa shape index (κ1) is 13.4. The van der Waals surface area contributed by atoms with Crippen LogP contribution in [-0.2, 0) is 12.8 Å². The Kier molecular flexibility index (Phi) is 5.23. The van der Waals surface area contributed by atoms with Gasteiger partial charge in [0.05, 0.1) is 12.5 Å². The van der Waals surface area contributed by atoms with Crippen LogP contribution in [0.1, 0.15) is 28.8 Å². The highest BCUT2D eigenvalue weighted by Crippen LogP contribution is 2.14. The SMILES string of the molecule is N#CCc1cc(C#CCCCc2ccccc2)cs1. The fourth-order valence-electron chi connectivity index (χ4n) is 1.81. The Morgan fingerprint density at radius 1 is 1.16 bits per heavy atom. The van der Waals surface area contributed by atoms with E-state index in [9.17, 15) is 0 Å². The Hall–Kier alpha value is -2.03. The molecular formula is C17H15NS. The summed E-state index contributed by atoms with van der Waals surface area (Å²) in [7, 11) is 0. The van der Waals surface area contributed by atoms with E-state index in [4.69, 9.17) is 5.26 Å². The van der Waals surface area contributed by atoms with Crippen LogP contribution in [-0.4, -0.2) is 0 Å². The van der Waals surface area contributed by atoms with E-state index < -0.39 is 0 Å². The van der Waals surface area contributed by atoms with E-state index in [0.717, 1.165) is 29.7 Å². The summed E-state index contributed by atoms with van der Waals surface area (Å²) in [5.41, 5.74) is 2.41. The van der Waals surface area contributed by atoms with Crippen LogP contribution in [0.2, 0.25) is 0 Å². The molecule has 2 rings (SSSR count). The number of hydrogen-bond acceptors (Lipinski definition) is 2. The first-order valence-electron chi connectivity index (χ1n) is 6.35. The van der Waals surface area contributed by atoms with Crippen molar-refractivity contribution in [2.24, 2.45) is 0 Å². The Morgan fingerprint density at radius 2 is 2.00 bits per heavy atom. The molecule has 0 unspecified atom stereocenters. The Bertz CT molecular complexity index is 608. The van der Waals surface area contributed by atoms with Crippen LogP contribution < -0.4 is 0 Å². The Balaban J connectivity index is 1.76. The molecule has 94 valence electrons. The van der Waals surface area contributed by atoms with Crippen LogP contribution >= 0.6 is 11.3 Å². The van der Waals surface area contributed by atoms with E-state index in [-0.39, 0.29) is 0 Å². The number of rotatable bonds is 4. The minimum Gasteiger partial charge on any atom is -0.198 e. The molecule has 1 aromatic carbocycles. The maximum absolute atomic E-state index is 8.60. The van der Waals surface area contributed by atoms with Crippen LogP contribution in [0.5, 0.6) is 0 Å². The lowest BCUT2D eigenvalue weighted by molar-refractivity contribution is 0.858. The molecule has 1 nitrogen and oxygen atoms in total. The van der Waals surface area contributed by atoms with Gasteiger partial charge in [-0.05, 0) is 24.5 Å². The van der Waals surface area contributed by atoms with Gasteiger partial charge in [-0.15, -0.1) is 11.3 Å². The molecule has 0 atom stereocenters. The topological polar surface area (TPSA) is 23.8 Å². The first-order valence-corrected chi connectivity index (χ1v) is 7.23. The van der Waals surface area contributed by atoms with Crippen LogP contribution in [0.3, 0.4) is 0 Å². The van der Waals surface area contributed by atoms with Crippen molar-refractivity contribution < 1.29 is 0 Å². The smallest absolute Gasteiger partial charge is 0.0696 e. The van der Waals surface area contributed by atoms with Gasteiger partial charge in [-0.25, -0.2) is 0 Å². The van der Waals surface area contributed by atoms with E-state index in [1.54, 1.807) is 11.3 Å². The van der Waals surface area contributed by atoms with E-state index >= 15 is 0 Å². The minimum atomic E-state index is 0.486. The number of nitrogens with zero attached hydrogens (tertiary/aromatic N) is 1. The quantitative estimate of drug-likeness (QED) is 0.600. The highest BCUT2D eigenvalue weighted by molar-refractivity contribution is 7.10. The molecule has 0 saturated carbocycles. The third-order valence-electron chi connectivity index (χ3n) is 2.75. The molecule has 0 amide bonds. The van der Waals surface area contributed by atoms with Crippen molar-refractivity contribution >= 4 is 11.3 Å². The Morgan fingerprint density at radius 3 is 2.79 bits per heavy atom. The van der Waals surface area contributed by atoms with Gasteiger partial charge in [0.25, 0.3) is 0 Å². The minimum absolute atomic E-state index is 0.486. The van der Waals surface area contributed by atoms with Crippen LogP contribution in [0.25, 0.3) is 0 Å². The molecule has 0 aliphatic carbocycles. The van der Waals surface area contributed by atoms with Crippen molar-refractivity contribution in [3.63, 3.8) is 0 Å². The summed E-state index contributed by atoms with van der Waals surface area (Å²) in [6, 6.07) is 14.7. The molecule has 0 radical (unpaired) electrons. The first-order chi connectivity index (χ1) is 9.38. The third-order valence-corrected chi connectivity index (χ3v) is 3.69. The maximum Gasteiger partial charge on any atom is 0.0696 e. The largest absolute Gasteiger partial charge is 0.198 e. The van der Waals surface area contributed by atoms with Gasteiger partial charge in [-0.2, -0.15) is 5.26 Å². The van der Waals surface area contributed by atoms with Gasteiger partial charge in [0.1, 0.15) is 0 Å². The molecule has 2 heteroatoms. The molecule has 0 spiro atoms. The fraction of sp³-hybridized carbons (Fsp3) is 0.235. The van der Waals surface area contributed by atoms with Crippen molar-refractivity contribution in [2.45, 2.75) is 25.7 Å². The molecule has 0 fully saturated rings. The number of thiophene rings is 1. The average molecular weight is 265 g/mol. The number of hydrogen-bond donors (Lipinski definition) is 0.